The molecule has 1 aliphatic heterocycles. The molecular weight excluding hydrogens is 298 g/mol. The van der Waals surface area contributed by atoms with Gasteiger partial charge in [0.15, 0.2) is 0 Å². The molecule has 0 amide bonds. The van der Waals surface area contributed by atoms with Crippen molar-refractivity contribution in [1.29, 1.82) is 0 Å². The molecule has 124 valence electrons. The van der Waals surface area contributed by atoms with E-state index in [4.69, 9.17) is 4.74 Å². The summed E-state index contributed by atoms with van der Waals surface area (Å²) in [6.07, 6.45) is 3.39. The van der Waals surface area contributed by atoms with Crippen LogP contribution in [0.15, 0.2) is 60.7 Å². The third-order valence-corrected chi connectivity index (χ3v) is 4.31. The molecule has 0 saturated carbocycles. The standard InChI is InChI=1S/C21H23NO2/c1-17(23)24-16-19-7-9-20(10-8-19)21-11-13-22(14-12-21)15-18-5-3-2-4-6-18/h2-11H,12-16H2,1H3. The Morgan fingerprint density at radius 3 is 2.42 bits per heavy atom. The summed E-state index contributed by atoms with van der Waals surface area (Å²) in [4.78, 5) is 13.3. The molecule has 0 aliphatic carbocycles. The first-order valence-corrected chi connectivity index (χ1v) is 8.39. The Kier molecular flexibility index (Phi) is 5.44. The molecule has 3 heteroatoms. The van der Waals surface area contributed by atoms with E-state index < -0.39 is 0 Å². The summed E-state index contributed by atoms with van der Waals surface area (Å²) in [6, 6.07) is 18.9. The minimum absolute atomic E-state index is 0.243. The van der Waals surface area contributed by atoms with Crippen molar-refractivity contribution in [2.75, 3.05) is 13.1 Å². The Hall–Kier alpha value is -2.39. The van der Waals surface area contributed by atoms with Crippen LogP contribution in [0.4, 0.5) is 0 Å². The molecule has 0 saturated heterocycles. The second-order valence-electron chi connectivity index (χ2n) is 6.18. The molecule has 0 atom stereocenters. The minimum Gasteiger partial charge on any atom is -0.461 e. The van der Waals surface area contributed by atoms with Gasteiger partial charge in [-0.2, -0.15) is 0 Å². The van der Waals surface area contributed by atoms with Crippen molar-refractivity contribution in [3.8, 4) is 0 Å². The van der Waals surface area contributed by atoms with E-state index in [1.807, 2.05) is 12.1 Å². The van der Waals surface area contributed by atoms with E-state index in [-0.39, 0.29) is 5.97 Å². The van der Waals surface area contributed by atoms with E-state index >= 15 is 0 Å². The maximum Gasteiger partial charge on any atom is 0.302 e. The number of carbonyl (C=O) groups excluding carboxylic acids is 1. The van der Waals surface area contributed by atoms with Crippen molar-refractivity contribution in [3.63, 3.8) is 0 Å². The Morgan fingerprint density at radius 2 is 1.79 bits per heavy atom. The van der Waals surface area contributed by atoms with E-state index in [1.165, 1.54) is 23.6 Å². The molecule has 0 radical (unpaired) electrons. The number of rotatable bonds is 5. The first-order valence-electron chi connectivity index (χ1n) is 8.39. The molecule has 24 heavy (non-hydrogen) atoms. The zero-order valence-corrected chi connectivity index (χ0v) is 14.1. The van der Waals surface area contributed by atoms with Crippen LogP contribution in [0.3, 0.4) is 0 Å². The first kappa shape index (κ1) is 16.5. The Balaban J connectivity index is 1.57. The summed E-state index contributed by atoms with van der Waals surface area (Å²) < 4.78 is 5.02. The fourth-order valence-electron chi connectivity index (χ4n) is 2.96. The number of carbonyl (C=O) groups is 1. The highest BCUT2D eigenvalue weighted by molar-refractivity contribution is 5.67. The van der Waals surface area contributed by atoms with Gasteiger partial charge in [-0.3, -0.25) is 9.69 Å². The van der Waals surface area contributed by atoms with Crippen LogP contribution in [0.5, 0.6) is 0 Å². The Labute approximate surface area is 143 Å². The van der Waals surface area contributed by atoms with Gasteiger partial charge >= 0.3 is 5.97 Å². The molecule has 0 spiro atoms. The van der Waals surface area contributed by atoms with Gasteiger partial charge in [0.05, 0.1) is 0 Å². The van der Waals surface area contributed by atoms with Gasteiger partial charge in [0, 0.05) is 26.6 Å². The van der Waals surface area contributed by atoms with E-state index in [9.17, 15) is 4.79 Å². The van der Waals surface area contributed by atoms with Crippen molar-refractivity contribution in [2.45, 2.75) is 26.5 Å². The average Bonchev–Trinajstić information content (AvgIpc) is 2.62. The van der Waals surface area contributed by atoms with Crippen molar-refractivity contribution in [3.05, 3.63) is 77.4 Å². The molecule has 0 aromatic heterocycles. The van der Waals surface area contributed by atoms with E-state index in [2.05, 4.69) is 53.4 Å². The van der Waals surface area contributed by atoms with Crippen LogP contribution in [0, 0.1) is 0 Å². The predicted octanol–water partition coefficient (Wildman–Crippen LogP) is 4.04. The first-order chi connectivity index (χ1) is 11.7. The SMILES string of the molecule is CC(=O)OCc1ccc(C2=CCN(Cc3ccccc3)CC2)cc1. The van der Waals surface area contributed by atoms with Crippen LogP contribution < -0.4 is 0 Å². The van der Waals surface area contributed by atoms with Crippen LogP contribution in [0.2, 0.25) is 0 Å². The topological polar surface area (TPSA) is 29.5 Å². The number of esters is 1. The molecule has 0 N–H and O–H groups in total. The molecule has 2 aromatic rings. The lowest BCUT2D eigenvalue weighted by Gasteiger charge is -2.26. The second kappa shape index (κ2) is 7.93. The lowest BCUT2D eigenvalue weighted by atomic mass is 9.98. The smallest absolute Gasteiger partial charge is 0.302 e. The van der Waals surface area contributed by atoms with E-state index in [1.54, 1.807) is 0 Å². The van der Waals surface area contributed by atoms with Crippen molar-refractivity contribution >= 4 is 11.5 Å². The molecule has 0 fully saturated rings. The highest BCUT2D eigenvalue weighted by Crippen LogP contribution is 2.23. The number of hydrogen-bond donors (Lipinski definition) is 0. The van der Waals surface area contributed by atoms with Crippen molar-refractivity contribution in [2.24, 2.45) is 0 Å². The van der Waals surface area contributed by atoms with Crippen LogP contribution in [-0.2, 0) is 22.7 Å². The molecule has 2 aromatic carbocycles. The molecule has 3 rings (SSSR count). The average molecular weight is 321 g/mol. The normalized spacial score (nSPS) is 15.0. The number of benzene rings is 2. The predicted molar refractivity (Wildman–Crippen MR) is 96.2 cm³/mol. The van der Waals surface area contributed by atoms with Gasteiger partial charge in [0.1, 0.15) is 6.61 Å². The number of ether oxygens (including phenoxy) is 1. The highest BCUT2D eigenvalue weighted by atomic mass is 16.5. The Bertz CT molecular complexity index is 704. The number of hydrogen-bond acceptors (Lipinski definition) is 3. The summed E-state index contributed by atoms with van der Waals surface area (Å²) in [7, 11) is 0. The second-order valence-corrected chi connectivity index (χ2v) is 6.18. The van der Waals surface area contributed by atoms with E-state index in [0.29, 0.717) is 6.61 Å². The minimum atomic E-state index is -0.243. The van der Waals surface area contributed by atoms with Crippen LogP contribution in [-0.4, -0.2) is 24.0 Å². The van der Waals surface area contributed by atoms with Crippen molar-refractivity contribution in [1.82, 2.24) is 4.90 Å². The maximum absolute atomic E-state index is 10.9. The summed E-state index contributed by atoms with van der Waals surface area (Å²) in [5.74, 6) is -0.243. The zero-order chi connectivity index (χ0) is 16.8. The summed E-state index contributed by atoms with van der Waals surface area (Å²) in [5, 5.41) is 0. The van der Waals surface area contributed by atoms with Gasteiger partial charge in [-0.15, -0.1) is 0 Å². The third-order valence-electron chi connectivity index (χ3n) is 4.31. The fourth-order valence-corrected chi connectivity index (χ4v) is 2.96. The van der Waals surface area contributed by atoms with Gasteiger partial charge < -0.3 is 4.74 Å². The molecule has 0 unspecified atom stereocenters. The van der Waals surface area contributed by atoms with Gasteiger partial charge in [0.2, 0.25) is 0 Å². The van der Waals surface area contributed by atoms with Gasteiger partial charge in [-0.05, 0) is 28.7 Å². The van der Waals surface area contributed by atoms with Crippen molar-refractivity contribution < 1.29 is 9.53 Å². The quantitative estimate of drug-likeness (QED) is 0.779. The fraction of sp³-hybridized carbons (Fsp3) is 0.286. The zero-order valence-electron chi connectivity index (χ0n) is 14.1. The van der Waals surface area contributed by atoms with Crippen LogP contribution >= 0.6 is 0 Å². The summed E-state index contributed by atoms with van der Waals surface area (Å²) in [6.45, 7) is 4.85. The molecule has 3 nitrogen and oxygen atoms in total. The van der Waals surface area contributed by atoms with Crippen LogP contribution in [0.25, 0.3) is 5.57 Å². The van der Waals surface area contributed by atoms with E-state index in [0.717, 1.165) is 31.6 Å². The lowest BCUT2D eigenvalue weighted by Crippen LogP contribution is -2.27. The monoisotopic (exact) mass is 321 g/mol. The van der Waals surface area contributed by atoms with Gasteiger partial charge in [-0.1, -0.05) is 60.7 Å². The maximum atomic E-state index is 10.9. The Morgan fingerprint density at radius 1 is 1.04 bits per heavy atom. The third kappa shape index (κ3) is 4.56. The molecule has 1 heterocycles. The summed E-state index contributed by atoms with van der Waals surface area (Å²) >= 11 is 0. The molecule has 1 aliphatic rings. The van der Waals surface area contributed by atoms with Gasteiger partial charge in [-0.25, -0.2) is 0 Å². The highest BCUT2D eigenvalue weighted by Gasteiger charge is 2.13. The molecule has 0 bridgehead atoms. The molecular formula is C21H23NO2. The van der Waals surface area contributed by atoms with Crippen LogP contribution in [0.1, 0.15) is 30.0 Å². The summed E-state index contributed by atoms with van der Waals surface area (Å²) in [5.41, 5.74) is 5.06. The lowest BCUT2D eigenvalue weighted by molar-refractivity contribution is -0.142. The largest absolute Gasteiger partial charge is 0.461 e. The number of nitrogens with zero attached hydrogens (tertiary/aromatic N) is 1. The van der Waals surface area contributed by atoms with Gasteiger partial charge in [0.25, 0.3) is 0 Å².